The predicted molar refractivity (Wildman–Crippen MR) is 93.6 cm³/mol. The summed E-state index contributed by atoms with van der Waals surface area (Å²) in [5.41, 5.74) is 0.328. The smallest absolute Gasteiger partial charge is 0.204 e. The average molecular weight is 342 g/mol. The van der Waals surface area contributed by atoms with Crippen molar-refractivity contribution >= 4 is 11.0 Å². The molecular formula is C19H18O6. The molecule has 2 aromatic carbocycles. The maximum Gasteiger partial charge on any atom is 0.204 e. The Balaban J connectivity index is 2.13. The van der Waals surface area contributed by atoms with Gasteiger partial charge in [0.15, 0.2) is 16.9 Å². The first-order chi connectivity index (χ1) is 12.0. The highest BCUT2D eigenvalue weighted by Gasteiger charge is 2.18. The van der Waals surface area contributed by atoms with Crippen LogP contribution in [0.25, 0.3) is 22.3 Å². The molecule has 6 nitrogen and oxygen atoms in total. The molecule has 0 spiro atoms. The molecule has 0 saturated heterocycles. The Morgan fingerprint density at radius 2 is 1.68 bits per heavy atom. The second kappa shape index (κ2) is 6.76. The number of ether oxygens (including phenoxy) is 2. The van der Waals surface area contributed by atoms with Crippen molar-refractivity contribution < 1.29 is 24.1 Å². The van der Waals surface area contributed by atoms with Crippen LogP contribution in [0.3, 0.4) is 0 Å². The Kier molecular flexibility index (Phi) is 4.52. The minimum Gasteiger partial charge on any atom is -0.504 e. The van der Waals surface area contributed by atoms with Crippen molar-refractivity contribution in [3.63, 3.8) is 0 Å². The van der Waals surface area contributed by atoms with Crippen LogP contribution in [0.2, 0.25) is 0 Å². The minimum atomic E-state index is -0.427. The molecule has 2 N–H and O–H groups in total. The number of hydrogen-bond acceptors (Lipinski definition) is 6. The van der Waals surface area contributed by atoms with E-state index in [-0.39, 0.29) is 29.1 Å². The van der Waals surface area contributed by atoms with Crippen molar-refractivity contribution in [1.82, 2.24) is 0 Å². The van der Waals surface area contributed by atoms with Crippen LogP contribution in [-0.4, -0.2) is 23.4 Å². The molecular weight excluding hydrogens is 324 g/mol. The van der Waals surface area contributed by atoms with Gasteiger partial charge in [-0.25, -0.2) is 0 Å². The summed E-state index contributed by atoms with van der Waals surface area (Å²) in [5.74, 6) is 0.188. The number of fused-ring (bicyclic) bond motifs is 1. The molecule has 3 aromatic rings. The quantitative estimate of drug-likeness (QED) is 0.735. The van der Waals surface area contributed by atoms with Gasteiger partial charge in [0.05, 0.1) is 13.2 Å². The molecule has 0 aliphatic rings. The summed E-state index contributed by atoms with van der Waals surface area (Å²) in [6.07, 6.45) is 0. The van der Waals surface area contributed by atoms with Gasteiger partial charge in [-0.1, -0.05) is 0 Å². The van der Waals surface area contributed by atoms with Crippen LogP contribution < -0.4 is 14.9 Å². The summed E-state index contributed by atoms with van der Waals surface area (Å²) < 4.78 is 16.3. The van der Waals surface area contributed by atoms with Crippen LogP contribution in [0.5, 0.6) is 23.0 Å². The van der Waals surface area contributed by atoms with E-state index in [1.54, 1.807) is 31.2 Å². The highest BCUT2D eigenvalue weighted by Crippen LogP contribution is 2.41. The van der Waals surface area contributed by atoms with Gasteiger partial charge < -0.3 is 24.1 Å². The summed E-state index contributed by atoms with van der Waals surface area (Å²) in [5, 5.41) is 20.2. The Morgan fingerprint density at radius 3 is 2.32 bits per heavy atom. The molecule has 0 aliphatic carbocycles. The number of hydrogen-bond donors (Lipinski definition) is 2. The second-order valence-corrected chi connectivity index (χ2v) is 5.31. The topological polar surface area (TPSA) is 89.1 Å². The third kappa shape index (κ3) is 3.10. The standard InChI is InChI=1S/C19H18O6/c1-3-23-12-7-5-11(6-8-12)15-9-13(20)17-16(25-15)10-14(21)19(18(17)22)24-4-2/h5-10,21-22H,3-4H2,1-2H3. The van der Waals surface area contributed by atoms with E-state index in [0.717, 1.165) is 0 Å². The predicted octanol–water partition coefficient (Wildman–Crippen LogP) is 3.67. The molecule has 0 atom stereocenters. The lowest BCUT2D eigenvalue weighted by Crippen LogP contribution is -2.02. The van der Waals surface area contributed by atoms with Gasteiger partial charge in [-0.2, -0.15) is 0 Å². The fourth-order valence-corrected chi connectivity index (χ4v) is 2.58. The molecule has 0 radical (unpaired) electrons. The average Bonchev–Trinajstić information content (AvgIpc) is 2.59. The Labute approximate surface area is 143 Å². The number of aromatic hydroxyl groups is 2. The fourth-order valence-electron chi connectivity index (χ4n) is 2.58. The minimum absolute atomic E-state index is 0.0315. The molecule has 0 aliphatic heterocycles. The first kappa shape index (κ1) is 16.7. The van der Waals surface area contributed by atoms with Crippen LogP contribution in [0.15, 0.2) is 45.6 Å². The van der Waals surface area contributed by atoms with Crippen molar-refractivity contribution in [2.24, 2.45) is 0 Å². The van der Waals surface area contributed by atoms with Crippen LogP contribution in [0.1, 0.15) is 13.8 Å². The normalized spacial score (nSPS) is 10.8. The molecule has 6 heteroatoms. The van der Waals surface area contributed by atoms with Crippen molar-refractivity contribution in [3.05, 3.63) is 46.6 Å². The summed E-state index contributed by atoms with van der Waals surface area (Å²) in [6.45, 7) is 4.40. The van der Waals surface area contributed by atoms with Gasteiger partial charge in [-0.15, -0.1) is 0 Å². The zero-order valence-corrected chi connectivity index (χ0v) is 13.9. The van der Waals surface area contributed by atoms with Gasteiger partial charge in [0, 0.05) is 17.7 Å². The van der Waals surface area contributed by atoms with Crippen LogP contribution >= 0.6 is 0 Å². The lowest BCUT2D eigenvalue weighted by atomic mass is 10.1. The van der Waals surface area contributed by atoms with E-state index in [0.29, 0.717) is 23.7 Å². The largest absolute Gasteiger partial charge is 0.504 e. The first-order valence-electron chi connectivity index (χ1n) is 7.94. The molecule has 1 aromatic heterocycles. The zero-order valence-electron chi connectivity index (χ0n) is 13.9. The van der Waals surface area contributed by atoms with Gasteiger partial charge in [0.2, 0.25) is 5.75 Å². The Morgan fingerprint density at radius 1 is 1.00 bits per heavy atom. The lowest BCUT2D eigenvalue weighted by molar-refractivity contribution is 0.300. The summed E-state index contributed by atoms with van der Waals surface area (Å²) in [7, 11) is 0. The molecule has 0 bridgehead atoms. The molecule has 0 unspecified atom stereocenters. The Hall–Kier alpha value is -3.15. The van der Waals surface area contributed by atoms with Gasteiger partial charge in [-0.3, -0.25) is 4.79 Å². The monoisotopic (exact) mass is 342 g/mol. The summed E-state index contributed by atoms with van der Waals surface area (Å²) in [4.78, 5) is 12.4. The Bertz CT molecular complexity index is 956. The van der Waals surface area contributed by atoms with Crippen LogP contribution in [0, 0.1) is 0 Å². The molecule has 3 rings (SSSR count). The first-order valence-corrected chi connectivity index (χ1v) is 7.94. The molecule has 1 heterocycles. The third-order valence-corrected chi connectivity index (χ3v) is 3.67. The highest BCUT2D eigenvalue weighted by molar-refractivity contribution is 5.89. The molecule has 0 saturated carbocycles. The van der Waals surface area contributed by atoms with Crippen molar-refractivity contribution in [1.29, 1.82) is 0 Å². The highest BCUT2D eigenvalue weighted by atomic mass is 16.5. The van der Waals surface area contributed by atoms with Crippen molar-refractivity contribution in [3.8, 4) is 34.3 Å². The maximum absolute atomic E-state index is 12.4. The molecule has 25 heavy (non-hydrogen) atoms. The second-order valence-electron chi connectivity index (χ2n) is 5.31. The molecule has 0 fully saturated rings. The van der Waals surface area contributed by atoms with E-state index in [9.17, 15) is 15.0 Å². The lowest BCUT2D eigenvalue weighted by Gasteiger charge is -2.11. The summed E-state index contributed by atoms with van der Waals surface area (Å²) in [6, 6.07) is 9.64. The zero-order chi connectivity index (χ0) is 18.0. The summed E-state index contributed by atoms with van der Waals surface area (Å²) >= 11 is 0. The number of rotatable bonds is 5. The number of phenolic OH excluding ortho intramolecular Hbond substituents is 2. The molecule has 0 amide bonds. The van der Waals surface area contributed by atoms with Crippen molar-refractivity contribution in [2.45, 2.75) is 13.8 Å². The maximum atomic E-state index is 12.4. The van der Waals surface area contributed by atoms with E-state index >= 15 is 0 Å². The van der Waals surface area contributed by atoms with E-state index in [1.165, 1.54) is 12.1 Å². The van der Waals surface area contributed by atoms with E-state index < -0.39 is 11.2 Å². The van der Waals surface area contributed by atoms with E-state index in [4.69, 9.17) is 13.9 Å². The van der Waals surface area contributed by atoms with Gasteiger partial charge in [0.1, 0.15) is 22.5 Å². The third-order valence-electron chi connectivity index (χ3n) is 3.67. The van der Waals surface area contributed by atoms with Gasteiger partial charge >= 0.3 is 0 Å². The van der Waals surface area contributed by atoms with Gasteiger partial charge in [0.25, 0.3) is 0 Å². The number of phenols is 2. The van der Waals surface area contributed by atoms with Crippen LogP contribution in [0.4, 0.5) is 0 Å². The van der Waals surface area contributed by atoms with Gasteiger partial charge in [-0.05, 0) is 38.1 Å². The SMILES string of the molecule is CCOc1ccc(-c2cc(=O)c3c(O)c(OCC)c(O)cc3o2)cc1. The fraction of sp³-hybridized carbons (Fsp3) is 0.211. The van der Waals surface area contributed by atoms with Crippen molar-refractivity contribution in [2.75, 3.05) is 13.2 Å². The van der Waals surface area contributed by atoms with E-state index in [1.807, 2.05) is 6.92 Å². The molecule has 130 valence electrons. The van der Waals surface area contributed by atoms with Crippen LogP contribution in [-0.2, 0) is 0 Å². The number of benzene rings is 2. The van der Waals surface area contributed by atoms with E-state index in [2.05, 4.69) is 0 Å².